The van der Waals surface area contributed by atoms with E-state index in [0.717, 1.165) is 6.26 Å². The molecule has 1 aromatic carbocycles. The summed E-state index contributed by atoms with van der Waals surface area (Å²) in [5.74, 6) is 0.799. The fourth-order valence-corrected chi connectivity index (χ4v) is 3.57. The number of carbonyl (C=O) groups excluding carboxylic acids is 1. The Kier molecular flexibility index (Phi) is 6.17. The van der Waals surface area contributed by atoms with Gasteiger partial charge in [-0.05, 0) is 36.2 Å². The lowest BCUT2D eigenvalue weighted by atomic mass is 9.92. The lowest BCUT2D eigenvalue weighted by Gasteiger charge is -2.33. The molecule has 0 unspecified atom stereocenters. The highest BCUT2D eigenvalue weighted by Gasteiger charge is 2.30. The molecule has 1 aliphatic heterocycles. The molecule has 0 bridgehead atoms. The van der Waals surface area contributed by atoms with Crippen molar-refractivity contribution >= 4 is 15.9 Å². The minimum Gasteiger partial charge on any atom is -0.463 e. The summed E-state index contributed by atoms with van der Waals surface area (Å²) in [6.45, 7) is 0.569. The molecule has 1 saturated heterocycles. The number of hydrogen-bond acceptors (Lipinski definition) is 5. The zero-order chi connectivity index (χ0) is 20.3. The Balaban J connectivity index is 1.65. The van der Waals surface area contributed by atoms with E-state index >= 15 is 0 Å². The Bertz CT molecular complexity index is 944. The van der Waals surface area contributed by atoms with E-state index in [1.165, 1.54) is 23.5 Å². The number of piperidine rings is 1. The fraction of sp³-hybridized carbons (Fsp3) is 0.421. The summed E-state index contributed by atoms with van der Waals surface area (Å²) in [4.78, 5) is 11.8. The van der Waals surface area contributed by atoms with E-state index in [2.05, 4.69) is 10.6 Å². The molecule has 2 N–H and O–H groups in total. The summed E-state index contributed by atoms with van der Waals surface area (Å²) < 4.78 is 43.5. The van der Waals surface area contributed by atoms with E-state index in [0.29, 0.717) is 36.5 Å². The number of amides is 1. The molecule has 2 heterocycles. The Morgan fingerprint density at radius 2 is 2.04 bits per heavy atom. The first-order chi connectivity index (χ1) is 13.2. The highest BCUT2D eigenvalue weighted by molar-refractivity contribution is 7.88. The van der Waals surface area contributed by atoms with E-state index in [1.807, 2.05) is 0 Å². The van der Waals surface area contributed by atoms with Gasteiger partial charge in [0.05, 0.1) is 25.4 Å². The standard InChI is InChI=1S/C19H24FN3O4S/c1-23(28(2,25)26)12-16-7-6-15(27-16)11-21-17-8-9-18(24)22-19(17)13-4-3-5-14(20)10-13/h3-7,10,17,19,21H,8-9,11-12H2,1-2H3,(H,22,24)/t17-,19+/m1/s1. The molecule has 7 nitrogen and oxygen atoms in total. The summed E-state index contributed by atoms with van der Waals surface area (Å²) in [6.07, 6.45) is 2.16. The number of benzene rings is 1. The van der Waals surface area contributed by atoms with Crippen LogP contribution in [0.2, 0.25) is 0 Å². The van der Waals surface area contributed by atoms with Crippen molar-refractivity contribution in [2.45, 2.75) is 38.0 Å². The minimum atomic E-state index is -3.28. The minimum absolute atomic E-state index is 0.0589. The SMILES string of the molecule is CN(Cc1ccc(CN[C@@H]2CCC(=O)N[C@H]2c2cccc(F)c2)o1)S(C)(=O)=O. The van der Waals surface area contributed by atoms with Crippen LogP contribution in [0.15, 0.2) is 40.8 Å². The molecule has 9 heteroatoms. The second kappa shape index (κ2) is 8.42. The highest BCUT2D eigenvalue weighted by atomic mass is 32.2. The molecule has 0 radical (unpaired) electrons. The molecule has 28 heavy (non-hydrogen) atoms. The smallest absolute Gasteiger partial charge is 0.220 e. The average molecular weight is 409 g/mol. The van der Waals surface area contributed by atoms with Crippen LogP contribution in [-0.4, -0.2) is 38.0 Å². The normalized spacial score (nSPS) is 20.4. The van der Waals surface area contributed by atoms with Gasteiger partial charge in [0.1, 0.15) is 17.3 Å². The van der Waals surface area contributed by atoms with Gasteiger partial charge in [-0.2, -0.15) is 4.31 Å². The van der Waals surface area contributed by atoms with Gasteiger partial charge in [0.2, 0.25) is 15.9 Å². The predicted octanol–water partition coefficient (Wildman–Crippen LogP) is 1.92. The van der Waals surface area contributed by atoms with Gasteiger partial charge in [-0.1, -0.05) is 12.1 Å². The topological polar surface area (TPSA) is 91.7 Å². The quantitative estimate of drug-likeness (QED) is 0.729. The average Bonchev–Trinajstić information content (AvgIpc) is 3.07. The van der Waals surface area contributed by atoms with Crippen LogP contribution in [0.1, 0.15) is 36.0 Å². The lowest BCUT2D eigenvalue weighted by Crippen LogP contribution is -2.48. The molecule has 2 aromatic rings. The molecule has 2 atom stereocenters. The molecule has 0 spiro atoms. The monoisotopic (exact) mass is 409 g/mol. The molecule has 1 aromatic heterocycles. The molecular weight excluding hydrogens is 385 g/mol. The largest absolute Gasteiger partial charge is 0.463 e. The molecule has 152 valence electrons. The number of nitrogens with zero attached hydrogens (tertiary/aromatic N) is 1. The first kappa shape index (κ1) is 20.5. The molecule has 1 amide bonds. The Labute approximate surface area is 164 Å². The maximum absolute atomic E-state index is 13.6. The van der Waals surface area contributed by atoms with Crippen molar-refractivity contribution in [3.63, 3.8) is 0 Å². The first-order valence-electron chi connectivity index (χ1n) is 8.99. The van der Waals surface area contributed by atoms with Crippen molar-refractivity contribution in [1.82, 2.24) is 14.9 Å². The van der Waals surface area contributed by atoms with Crippen LogP contribution in [-0.2, 0) is 27.9 Å². The zero-order valence-electron chi connectivity index (χ0n) is 15.8. The number of sulfonamides is 1. The first-order valence-corrected chi connectivity index (χ1v) is 10.8. The van der Waals surface area contributed by atoms with Crippen LogP contribution in [0.4, 0.5) is 4.39 Å². The summed E-state index contributed by atoms with van der Waals surface area (Å²) >= 11 is 0. The van der Waals surface area contributed by atoms with Crippen LogP contribution in [0.3, 0.4) is 0 Å². The van der Waals surface area contributed by atoms with Crippen molar-refractivity contribution in [2.24, 2.45) is 0 Å². The number of hydrogen-bond donors (Lipinski definition) is 2. The van der Waals surface area contributed by atoms with Gasteiger partial charge in [-0.3, -0.25) is 4.79 Å². The third-order valence-corrected chi connectivity index (χ3v) is 6.07. The second-order valence-corrected chi connectivity index (χ2v) is 9.10. The van der Waals surface area contributed by atoms with Crippen molar-refractivity contribution in [2.75, 3.05) is 13.3 Å². The van der Waals surface area contributed by atoms with Gasteiger partial charge >= 0.3 is 0 Å². The van der Waals surface area contributed by atoms with E-state index < -0.39 is 10.0 Å². The number of carbonyl (C=O) groups is 1. The number of furan rings is 1. The zero-order valence-corrected chi connectivity index (χ0v) is 16.6. The maximum Gasteiger partial charge on any atom is 0.220 e. The van der Waals surface area contributed by atoms with Crippen LogP contribution >= 0.6 is 0 Å². The van der Waals surface area contributed by atoms with Gasteiger partial charge in [-0.25, -0.2) is 12.8 Å². The van der Waals surface area contributed by atoms with Crippen molar-refractivity contribution in [1.29, 1.82) is 0 Å². The third kappa shape index (κ3) is 5.18. The Morgan fingerprint density at radius 1 is 1.29 bits per heavy atom. The van der Waals surface area contributed by atoms with Crippen LogP contribution in [0.5, 0.6) is 0 Å². The summed E-state index contributed by atoms with van der Waals surface area (Å²) in [5, 5.41) is 6.28. The summed E-state index contributed by atoms with van der Waals surface area (Å²) in [6, 6.07) is 9.34. The van der Waals surface area contributed by atoms with Gasteiger partial charge < -0.3 is 15.1 Å². The van der Waals surface area contributed by atoms with Gasteiger partial charge in [0.25, 0.3) is 0 Å². The third-order valence-electron chi connectivity index (χ3n) is 4.81. The fourth-order valence-electron chi connectivity index (χ4n) is 3.21. The van der Waals surface area contributed by atoms with Gasteiger partial charge in [-0.15, -0.1) is 0 Å². The number of halogens is 1. The van der Waals surface area contributed by atoms with E-state index in [9.17, 15) is 17.6 Å². The van der Waals surface area contributed by atoms with E-state index in [-0.39, 0.29) is 30.4 Å². The molecule has 3 rings (SSSR count). The van der Waals surface area contributed by atoms with E-state index in [1.54, 1.807) is 24.3 Å². The summed E-state index contributed by atoms with van der Waals surface area (Å²) in [7, 11) is -1.79. The van der Waals surface area contributed by atoms with Crippen molar-refractivity contribution in [3.05, 3.63) is 59.3 Å². The molecule has 1 aliphatic rings. The Hall–Kier alpha value is -2.23. The Morgan fingerprint density at radius 3 is 2.75 bits per heavy atom. The molecule has 1 fully saturated rings. The lowest BCUT2D eigenvalue weighted by molar-refractivity contribution is -0.123. The molecular formula is C19H24FN3O4S. The highest BCUT2D eigenvalue weighted by Crippen LogP contribution is 2.25. The van der Waals surface area contributed by atoms with Gasteiger partial charge in [0.15, 0.2) is 0 Å². The second-order valence-electron chi connectivity index (χ2n) is 7.01. The molecule has 0 aliphatic carbocycles. The van der Waals surface area contributed by atoms with Crippen molar-refractivity contribution in [3.8, 4) is 0 Å². The van der Waals surface area contributed by atoms with Crippen LogP contribution < -0.4 is 10.6 Å². The van der Waals surface area contributed by atoms with Crippen molar-refractivity contribution < 1.29 is 22.0 Å². The summed E-state index contributed by atoms with van der Waals surface area (Å²) in [5.41, 5.74) is 0.709. The number of nitrogens with one attached hydrogen (secondary N) is 2. The predicted molar refractivity (Wildman–Crippen MR) is 102 cm³/mol. The van der Waals surface area contributed by atoms with Gasteiger partial charge in [0, 0.05) is 19.5 Å². The van der Waals surface area contributed by atoms with E-state index in [4.69, 9.17) is 4.42 Å². The maximum atomic E-state index is 13.6. The van der Waals surface area contributed by atoms with Crippen LogP contribution in [0, 0.1) is 5.82 Å². The molecule has 0 saturated carbocycles. The van der Waals surface area contributed by atoms with Crippen LogP contribution in [0.25, 0.3) is 0 Å². The number of rotatable bonds is 7.